The van der Waals surface area contributed by atoms with Gasteiger partial charge in [0.05, 0.1) is 17.7 Å². The number of hydrazine groups is 1. The third-order valence-corrected chi connectivity index (χ3v) is 4.24. The highest BCUT2D eigenvalue weighted by molar-refractivity contribution is 5.90. The summed E-state index contributed by atoms with van der Waals surface area (Å²) in [5.74, 6) is 6.67. The first-order valence-electron chi connectivity index (χ1n) is 7.35. The molecule has 4 N–H and O–H groups in total. The minimum absolute atomic E-state index is 0.0858. The van der Waals surface area contributed by atoms with Gasteiger partial charge in [-0.05, 0) is 25.0 Å². The lowest BCUT2D eigenvalue weighted by atomic mass is 9.91. The Morgan fingerprint density at radius 1 is 1.24 bits per heavy atom. The fourth-order valence-corrected chi connectivity index (χ4v) is 3.09. The maximum atomic E-state index is 10.3. The summed E-state index contributed by atoms with van der Waals surface area (Å²) in [4.78, 5) is 10.9. The predicted molar refractivity (Wildman–Crippen MR) is 84.0 cm³/mol. The Kier molecular flexibility index (Phi) is 3.90. The number of nitrogens with zero attached hydrogens (tertiary/aromatic N) is 3. The molecule has 112 valence electrons. The van der Waals surface area contributed by atoms with Crippen LogP contribution in [0.25, 0.3) is 10.9 Å². The van der Waals surface area contributed by atoms with Crippen LogP contribution in [-0.2, 0) is 0 Å². The molecule has 2 unspecified atom stereocenters. The molecular formula is C15H21N5O. The van der Waals surface area contributed by atoms with E-state index in [1.165, 1.54) is 0 Å². The third kappa shape index (κ3) is 2.64. The second kappa shape index (κ2) is 5.83. The van der Waals surface area contributed by atoms with Crippen molar-refractivity contribution in [3.8, 4) is 0 Å². The second-order valence-electron chi connectivity index (χ2n) is 5.56. The zero-order valence-corrected chi connectivity index (χ0v) is 12.2. The first kappa shape index (κ1) is 14.0. The Hall–Kier alpha value is -1.92. The van der Waals surface area contributed by atoms with Gasteiger partial charge in [0.2, 0.25) is 5.95 Å². The van der Waals surface area contributed by atoms with Gasteiger partial charge in [-0.15, -0.1) is 0 Å². The quantitative estimate of drug-likeness (QED) is 0.588. The highest BCUT2D eigenvalue weighted by Crippen LogP contribution is 2.30. The van der Waals surface area contributed by atoms with Gasteiger partial charge in [0.25, 0.3) is 0 Å². The molecule has 1 heterocycles. The first-order chi connectivity index (χ1) is 10.2. The number of aromatic nitrogens is 2. The van der Waals surface area contributed by atoms with Crippen molar-refractivity contribution in [1.29, 1.82) is 0 Å². The van der Waals surface area contributed by atoms with Crippen LogP contribution in [0.2, 0.25) is 0 Å². The monoisotopic (exact) mass is 287 g/mol. The molecule has 1 aliphatic rings. The summed E-state index contributed by atoms with van der Waals surface area (Å²) in [5, 5.41) is 11.2. The molecule has 21 heavy (non-hydrogen) atoms. The van der Waals surface area contributed by atoms with E-state index in [4.69, 9.17) is 5.84 Å². The van der Waals surface area contributed by atoms with Gasteiger partial charge in [-0.1, -0.05) is 25.0 Å². The van der Waals surface area contributed by atoms with Gasteiger partial charge in [0.15, 0.2) is 0 Å². The number of nitrogens with one attached hydrogen (secondary N) is 1. The van der Waals surface area contributed by atoms with Gasteiger partial charge >= 0.3 is 0 Å². The first-order valence-corrected chi connectivity index (χ1v) is 7.35. The van der Waals surface area contributed by atoms with Crippen molar-refractivity contribution in [3.63, 3.8) is 0 Å². The largest absolute Gasteiger partial charge is 0.391 e. The normalized spacial score (nSPS) is 22.2. The van der Waals surface area contributed by atoms with Crippen molar-refractivity contribution < 1.29 is 5.11 Å². The van der Waals surface area contributed by atoms with E-state index < -0.39 is 0 Å². The van der Waals surface area contributed by atoms with Crippen LogP contribution >= 0.6 is 0 Å². The zero-order valence-electron chi connectivity index (χ0n) is 12.2. The fraction of sp³-hybridized carbons (Fsp3) is 0.467. The molecule has 0 radical (unpaired) electrons. The van der Waals surface area contributed by atoms with E-state index in [1.54, 1.807) is 0 Å². The lowest BCUT2D eigenvalue weighted by molar-refractivity contribution is 0.106. The van der Waals surface area contributed by atoms with Gasteiger partial charge < -0.3 is 10.0 Å². The third-order valence-electron chi connectivity index (χ3n) is 4.24. The van der Waals surface area contributed by atoms with E-state index >= 15 is 0 Å². The SMILES string of the molecule is CN(c1nc(NN)nc2ccccc12)C1CCCCC1O. The summed E-state index contributed by atoms with van der Waals surface area (Å²) in [5.41, 5.74) is 3.36. The van der Waals surface area contributed by atoms with Crippen molar-refractivity contribution in [2.75, 3.05) is 17.4 Å². The number of hydrogen-bond acceptors (Lipinski definition) is 6. The fourth-order valence-electron chi connectivity index (χ4n) is 3.09. The van der Waals surface area contributed by atoms with Gasteiger partial charge in [0.1, 0.15) is 5.82 Å². The van der Waals surface area contributed by atoms with Crippen LogP contribution in [0.15, 0.2) is 24.3 Å². The van der Waals surface area contributed by atoms with Crippen molar-refractivity contribution in [3.05, 3.63) is 24.3 Å². The van der Waals surface area contributed by atoms with Crippen LogP contribution in [0.3, 0.4) is 0 Å². The predicted octanol–water partition coefficient (Wildman–Crippen LogP) is 1.66. The molecule has 2 aromatic rings. The molecule has 1 fully saturated rings. The molecule has 1 saturated carbocycles. The second-order valence-corrected chi connectivity index (χ2v) is 5.56. The van der Waals surface area contributed by atoms with Crippen LogP contribution in [0.1, 0.15) is 25.7 Å². The van der Waals surface area contributed by atoms with Crippen molar-refractivity contribution in [2.24, 2.45) is 5.84 Å². The van der Waals surface area contributed by atoms with E-state index in [-0.39, 0.29) is 12.1 Å². The van der Waals surface area contributed by atoms with Crippen molar-refractivity contribution >= 4 is 22.7 Å². The number of nitrogens with two attached hydrogens (primary N) is 1. The highest BCUT2D eigenvalue weighted by atomic mass is 16.3. The molecule has 6 nitrogen and oxygen atoms in total. The molecule has 3 rings (SSSR count). The molecular weight excluding hydrogens is 266 g/mol. The number of para-hydroxylation sites is 1. The molecule has 0 bridgehead atoms. The Labute approximate surface area is 124 Å². The van der Waals surface area contributed by atoms with Crippen LogP contribution in [-0.4, -0.2) is 34.3 Å². The zero-order chi connectivity index (χ0) is 14.8. The average molecular weight is 287 g/mol. The molecule has 2 atom stereocenters. The van der Waals surface area contributed by atoms with E-state index in [0.29, 0.717) is 5.95 Å². The molecule has 1 aromatic heterocycles. The minimum atomic E-state index is -0.313. The summed E-state index contributed by atoms with van der Waals surface area (Å²) >= 11 is 0. The summed E-state index contributed by atoms with van der Waals surface area (Å²) in [6.45, 7) is 0. The number of hydrogen-bond donors (Lipinski definition) is 3. The topological polar surface area (TPSA) is 87.3 Å². The number of aliphatic hydroxyl groups is 1. The van der Waals surface area contributed by atoms with E-state index in [1.807, 2.05) is 31.3 Å². The van der Waals surface area contributed by atoms with Gasteiger partial charge in [-0.3, -0.25) is 5.43 Å². The van der Waals surface area contributed by atoms with Crippen LogP contribution in [0.5, 0.6) is 0 Å². The van der Waals surface area contributed by atoms with Crippen LogP contribution in [0.4, 0.5) is 11.8 Å². The molecule has 0 aliphatic heterocycles. The van der Waals surface area contributed by atoms with Crippen LogP contribution < -0.4 is 16.2 Å². The molecule has 1 aromatic carbocycles. The van der Waals surface area contributed by atoms with Crippen molar-refractivity contribution in [2.45, 2.75) is 37.8 Å². The molecule has 0 saturated heterocycles. The lowest BCUT2D eigenvalue weighted by Crippen LogP contribution is -2.44. The number of nitrogen functional groups attached to an aromatic ring is 1. The molecule has 0 amide bonds. The lowest BCUT2D eigenvalue weighted by Gasteiger charge is -2.36. The summed E-state index contributed by atoms with van der Waals surface area (Å²) in [6.07, 6.45) is 3.73. The summed E-state index contributed by atoms with van der Waals surface area (Å²) in [6, 6.07) is 7.93. The minimum Gasteiger partial charge on any atom is -0.391 e. The summed E-state index contributed by atoms with van der Waals surface area (Å²) in [7, 11) is 1.98. The number of rotatable bonds is 3. The van der Waals surface area contributed by atoms with Gasteiger partial charge in [-0.25, -0.2) is 10.8 Å². The van der Waals surface area contributed by atoms with E-state index in [2.05, 4.69) is 20.3 Å². The molecule has 1 aliphatic carbocycles. The van der Waals surface area contributed by atoms with Gasteiger partial charge in [0, 0.05) is 12.4 Å². The number of fused-ring (bicyclic) bond motifs is 1. The smallest absolute Gasteiger partial charge is 0.239 e. The Morgan fingerprint density at radius 3 is 2.76 bits per heavy atom. The summed E-state index contributed by atoms with van der Waals surface area (Å²) < 4.78 is 0. The number of benzene rings is 1. The van der Waals surface area contributed by atoms with Gasteiger partial charge in [-0.2, -0.15) is 4.98 Å². The highest BCUT2D eigenvalue weighted by Gasteiger charge is 2.28. The average Bonchev–Trinajstić information content (AvgIpc) is 2.53. The number of likely N-dealkylation sites (N-methyl/N-ethyl adjacent to an activating group) is 1. The molecule has 0 spiro atoms. The van der Waals surface area contributed by atoms with Crippen molar-refractivity contribution in [1.82, 2.24) is 9.97 Å². The maximum absolute atomic E-state index is 10.3. The standard InChI is InChI=1S/C15H21N5O/c1-20(12-8-4-5-9-13(12)21)14-10-6-2-3-7-11(10)17-15(18-14)19-16/h2-3,6-7,12-13,21H,4-5,8-9,16H2,1H3,(H,17,18,19). The van der Waals surface area contributed by atoms with E-state index in [0.717, 1.165) is 42.4 Å². The van der Waals surface area contributed by atoms with E-state index in [9.17, 15) is 5.11 Å². The van der Waals surface area contributed by atoms with Crippen LogP contribution in [0, 0.1) is 0 Å². The maximum Gasteiger partial charge on any atom is 0.239 e. The Balaban J connectivity index is 2.05. The number of anilines is 2. The Bertz CT molecular complexity index is 632. The molecule has 6 heteroatoms. The number of aliphatic hydroxyl groups excluding tert-OH is 1. The Morgan fingerprint density at radius 2 is 2.00 bits per heavy atom.